The molecule has 0 aliphatic rings. The van der Waals surface area contributed by atoms with Crippen LogP contribution in [0.5, 0.6) is 0 Å². The lowest BCUT2D eigenvalue weighted by molar-refractivity contribution is 0.631. The largest absolute Gasteiger partial charge is 0.382 e. The Hall–Kier alpha value is -2.23. The van der Waals surface area contributed by atoms with Gasteiger partial charge in [0.15, 0.2) is 0 Å². The van der Waals surface area contributed by atoms with Crippen molar-refractivity contribution in [1.82, 2.24) is 9.97 Å². The van der Waals surface area contributed by atoms with Crippen molar-refractivity contribution in [2.45, 2.75) is 0 Å². The normalized spacial score (nSPS) is 10.7. The van der Waals surface area contributed by atoms with E-state index in [2.05, 4.69) is 9.97 Å². The van der Waals surface area contributed by atoms with E-state index in [1.165, 1.54) is 23.6 Å². The average molecular weight is 305 g/mol. The van der Waals surface area contributed by atoms with Crippen molar-refractivity contribution in [3.05, 3.63) is 40.8 Å². The SMILES string of the molecule is N#Cc1cc(F)c(-c2nc3ccnc(N)c3s2)c(Cl)c1. The molecule has 3 rings (SSSR count). The summed E-state index contributed by atoms with van der Waals surface area (Å²) < 4.78 is 14.8. The molecule has 2 aromatic heterocycles. The number of rotatable bonds is 1. The first-order valence-corrected chi connectivity index (χ1v) is 6.70. The summed E-state index contributed by atoms with van der Waals surface area (Å²) in [6.07, 6.45) is 1.54. The lowest BCUT2D eigenvalue weighted by atomic mass is 10.1. The van der Waals surface area contributed by atoms with Gasteiger partial charge < -0.3 is 5.73 Å². The highest BCUT2D eigenvalue weighted by molar-refractivity contribution is 7.22. The molecule has 0 atom stereocenters. The Morgan fingerprint density at radius 1 is 1.40 bits per heavy atom. The van der Waals surface area contributed by atoms with Crippen LogP contribution in [0.3, 0.4) is 0 Å². The molecule has 98 valence electrons. The first kappa shape index (κ1) is 12.8. The molecular weight excluding hydrogens is 299 g/mol. The lowest BCUT2D eigenvalue weighted by Crippen LogP contribution is -1.88. The Morgan fingerprint density at radius 3 is 2.85 bits per heavy atom. The zero-order valence-corrected chi connectivity index (χ0v) is 11.5. The van der Waals surface area contributed by atoms with E-state index in [9.17, 15) is 4.39 Å². The molecular formula is C13H6ClFN4S. The molecule has 0 amide bonds. The molecule has 0 aliphatic heterocycles. The monoisotopic (exact) mass is 304 g/mol. The highest BCUT2D eigenvalue weighted by Crippen LogP contribution is 2.37. The number of thiazole rings is 1. The highest BCUT2D eigenvalue weighted by atomic mass is 35.5. The fraction of sp³-hybridized carbons (Fsp3) is 0. The van der Waals surface area contributed by atoms with Crippen molar-refractivity contribution in [3.63, 3.8) is 0 Å². The molecule has 0 spiro atoms. The number of pyridine rings is 1. The van der Waals surface area contributed by atoms with Crippen LogP contribution in [-0.2, 0) is 0 Å². The van der Waals surface area contributed by atoms with E-state index in [-0.39, 0.29) is 16.1 Å². The van der Waals surface area contributed by atoms with Gasteiger partial charge in [-0.2, -0.15) is 5.26 Å². The van der Waals surface area contributed by atoms with E-state index in [4.69, 9.17) is 22.6 Å². The summed E-state index contributed by atoms with van der Waals surface area (Å²) in [5.74, 6) is -0.240. The van der Waals surface area contributed by atoms with Crippen LogP contribution < -0.4 is 5.73 Å². The van der Waals surface area contributed by atoms with E-state index in [0.29, 0.717) is 21.0 Å². The number of nitrogen functional groups attached to an aromatic ring is 1. The van der Waals surface area contributed by atoms with E-state index >= 15 is 0 Å². The quantitative estimate of drug-likeness (QED) is 0.745. The maximum Gasteiger partial charge on any atom is 0.143 e. The summed E-state index contributed by atoms with van der Waals surface area (Å²) in [5, 5.41) is 9.34. The number of halogens is 2. The van der Waals surface area contributed by atoms with Gasteiger partial charge in [-0.05, 0) is 18.2 Å². The maximum absolute atomic E-state index is 14.1. The molecule has 0 saturated heterocycles. The van der Waals surface area contributed by atoms with Gasteiger partial charge in [-0.1, -0.05) is 11.6 Å². The Kier molecular flexibility index (Phi) is 3.01. The van der Waals surface area contributed by atoms with Gasteiger partial charge in [0.25, 0.3) is 0 Å². The van der Waals surface area contributed by atoms with Gasteiger partial charge in [0.2, 0.25) is 0 Å². The molecule has 0 saturated carbocycles. The van der Waals surface area contributed by atoms with Crippen LogP contribution in [0.25, 0.3) is 20.8 Å². The number of nitrogens with zero attached hydrogens (tertiary/aromatic N) is 3. The third-order valence-electron chi connectivity index (χ3n) is 2.72. The number of fused-ring (bicyclic) bond motifs is 1. The van der Waals surface area contributed by atoms with E-state index in [1.807, 2.05) is 6.07 Å². The predicted molar refractivity (Wildman–Crippen MR) is 76.9 cm³/mol. The van der Waals surface area contributed by atoms with Gasteiger partial charge in [0.1, 0.15) is 16.6 Å². The molecule has 3 aromatic rings. The Balaban J connectivity index is 2.26. The number of nitriles is 1. The highest BCUT2D eigenvalue weighted by Gasteiger charge is 2.17. The minimum Gasteiger partial charge on any atom is -0.382 e. The summed E-state index contributed by atoms with van der Waals surface area (Å²) in [5.41, 5.74) is 6.73. The van der Waals surface area contributed by atoms with Gasteiger partial charge in [0.05, 0.1) is 32.4 Å². The number of hydrogen-bond donors (Lipinski definition) is 1. The molecule has 0 unspecified atom stereocenters. The zero-order chi connectivity index (χ0) is 14.3. The third kappa shape index (κ3) is 1.97. The molecule has 0 aliphatic carbocycles. The first-order chi connectivity index (χ1) is 9.60. The zero-order valence-electron chi connectivity index (χ0n) is 9.89. The smallest absolute Gasteiger partial charge is 0.143 e. The van der Waals surface area contributed by atoms with Gasteiger partial charge in [0, 0.05) is 6.20 Å². The fourth-order valence-electron chi connectivity index (χ4n) is 1.82. The molecule has 7 heteroatoms. The van der Waals surface area contributed by atoms with Crippen LogP contribution in [0.15, 0.2) is 24.4 Å². The van der Waals surface area contributed by atoms with E-state index in [0.717, 1.165) is 6.07 Å². The van der Waals surface area contributed by atoms with Crippen LogP contribution in [0.4, 0.5) is 10.2 Å². The van der Waals surface area contributed by atoms with Crippen LogP contribution in [0, 0.1) is 17.1 Å². The average Bonchev–Trinajstić information content (AvgIpc) is 2.82. The maximum atomic E-state index is 14.1. The molecule has 2 heterocycles. The first-order valence-electron chi connectivity index (χ1n) is 5.50. The summed E-state index contributed by atoms with van der Waals surface area (Å²) in [6, 6.07) is 6.09. The standard InChI is InChI=1S/C13H6ClFN4S/c14-7-3-6(5-16)4-8(15)10(7)13-19-9-1-2-18-12(17)11(9)20-13/h1-4H,(H2,17,18). The summed E-state index contributed by atoms with van der Waals surface area (Å²) >= 11 is 7.26. The van der Waals surface area contributed by atoms with Crippen molar-refractivity contribution in [2.24, 2.45) is 0 Å². The summed E-state index contributed by atoms with van der Waals surface area (Å²) in [4.78, 5) is 8.28. The molecule has 0 fully saturated rings. The van der Waals surface area contributed by atoms with E-state index < -0.39 is 5.82 Å². The number of nitrogens with two attached hydrogens (primary N) is 1. The van der Waals surface area contributed by atoms with Crippen molar-refractivity contribution < 1.29 is 4.39 Å². The minimum atomic E-state index is -0.584. The summed E-state index contributed by atoms with van der Waals surface area (Å²) in [7, 11) is 0. The second-order valence-corrected chi connectivity index (χ2v) is 5.40. The number of anilines is 1. The Labute approximate surface area is 122 Å². The molecule has 0 radical (unpaired) electrons. The van der Waals surface area contributed by atoms with Gasteiger partial charge in [-0.15, -0.1) is 11.3 Å². The molecule has 20 heavy (non-hydrogen) atoms. The fourth-order valence-corrected chi connectivity index (χ4v) is 3.20. The van der Waals surface area contributed by atoms with Crippen LogP contribution >= 0.6 is 22.9 Å². The van der Waals surface area contributed by atoms with Crippen molar-refractivity contribution in [1.29, 1.82) is 5.26 Å². The second kappa shape index (κ2) is 4.71. The van der Waals surface area contributed by atoms with E-state index in [1.54, 1.807) is 6.07 Å². The van der Waals surface area contributed by atoms with Crippen LogP contribution in [0.2, 0.25) is 5.02 Å². The van der Waals surface area contributed by atoms with Crippen molar-refractivity contribution in [3.8, 4) is 16.6 Å². The predicted octanol–water partition coefficient (Wildman–Crippen LogP) is 3.60. The Bertz CT molecular complexity index is 845. The molecule has 1 aromatic carbocycles. The van der Waals surface area contributed by atoms with Gasteiger partial charge in [-0.25, -0.2) is 14.4 Å². The Morgan fingerprint density at radius 2 is 2.20 bits per heavy atom. The molecule has 0 bridgehead atoms. The molecule has 2 N–H and O–H groups in total. The van der Waals surface area contributed by atoms with Crippen molar-refractivity contribution >= 4 is 39.0 Å². The second-order valence-electron chi connectivity index (χ2n) is 3.99. The third-order valence-corrected chi connectivity index (χ3v) is 4.13. The van der Waals surface area contributed by atoms with Gasteiger partial charge >= 0.3 is 0 Å². The van der Waals surface area contributed by atoms with Crippen LogP contribution in [-0.4, -0.2) is 9.97 Å². The number of hydrogen-bond acceptors (Lipinski definition) is 5. The van der Waals surface area contributed by atoms with Gasteiger partial charge in [-0.3, -0.25) is 0 Å². The number of aromatic nitrogens is 2. The van der Waals surface area contributed by atoms with Crippen LogP contribution in [0.1, 0.15) is 5.56 Å². The minimum absolute atomic E-state index is 0.145. The molecule has 4 nitrogen and oxygen atoms in total. The summed E-state index contributed by atoms with van der Waals surface area (Å²) in [6.45, 7) is 0. The van der Waals surface area contributed by atoms with Crippen molar-refractivity contribution in [2.75, 3.05) is 5.73 Å². The topological polar surface area (TPSA) is 75.6 Å². The lowest BCUT2D eigenvalue weighted by Gasteiger charge is -2.02. The number of benzene rings is 1.